The molecule has 0 spiro atoms. The molecule has 1 saturated heterocycles. The van der Waals surface area contributed by atoms with E-state index in [0.717, 1.165) is 12.0 Å². The van der Waals surface area contributed by atoms with Gasteiger partial charge in [-0.3, -0.25) is 4.79 Å². The summed E-state index contributed by atoms with van der Waals surface area (Å²) in [5.74, 6) is 0.217. The van der Waals surface area contributed by atoms with E-state index in [1.54, 1.807) is 0 Å². The molecule has 3 rings (SSSR count). The summed E-state index contributed by atoms with van der Waals surface area (Å²) in [5, 5.41) is 0. The maximum Gasteiger partial charge on any atom is 0.223 e. The fraction of sp³-hybridized carbons (Fsp3) is 0.350. The van der Waals surface area contributed by atoms with E-state index in [2.05, 4.69) is 43.3 Å². The Morgan fingerprint density at radius 1 is 1.13 bits per heavy atom. The highest BCUT2D eigenvalue weighted by Crippen LogP contribution is 2.22. The third kappa shape index (κ3) is 4.20. The Labute approximate surface area is 137 Å². The van der Waals surface area contributed by atoms with Crippen molar-refractivity contribution in [3.63, 3.8) is 0 Å². The number of hydrogen-bond acceptors (Lipinski definition) is 2. The number of aryl methyl sites for hydroxylation is 2. The predicted molar refractivity (Wildman–Crippen MR) is 91.2 cm³/mol. The molecular weight excluding hydrogens is 286 g/mol. The Balaban J connectivity index is 1.55. The Morgan fingerprint density at radius 2 is 1.87 bits per heavy atom. The molecule has 1 amide bonds. The minimum Gasteiger partial charge on any atom is -0.370 e. The number of nitrogens with zero attached hydrogens (tertiary/aromatic N) is 1. The first-order valence-corrected chi connectivity index (χ1v) is 8.22. The second kappa shape index (κ2) is 7.42. The van der Waals surface area contributed by atoms with Crippen molar-refractivity contribution in [1.29, 1.82) is 0 Å². The number of benzene rings is 2. The number of ether oxygens (including phenoxy) is 1. The van der Waals surface area contributed by atoms with Gasteiger partial charge in [0.2, 0.25) is 5.91 Å². The molecule has 3 nitrogen and oxygen atoms in total. The van der Waals surface area contributed by atoms with Crippen molar-refractivity contribution in [2.24, 2.45) is 0 Å². The van der Waals surface area contributed by atoms with Gasteiger partial charge in [-0.05, 0) is 24.5 Å². The number of amides is 1. The Morgan fingerprint density at radius 3 is 2.61 bits per heavy atom. The van der Waals surface area contributed by atoms with Crippen molar-refractivity contribution < 1.29 is 9.53 Å². The van der Waals surface area contributed by atoms with E-state index < -0.39 is 0 Å². The van der Waals surface area contributed by atoms with Crippen LogP contribution in [0.5, 0.6) is 0 Å². The van der Waals surface area contributed by atoms with Gasteiger partial charge in [-0.25, -0.2) is 0 Å². The molecule has 3 heteroatoms. The van der Waals surface area contributed by atoms with Crippen molar-refractivity contribution in [3.05, 3.63) is 71.3 Å². The van der Waals surface area contributed by atoms with Gasteiger partial charge in [-0.15, -0.1) is 0 Å². The van der Waals surface area contributed by atoms with Gasteiger partial charge in [-0.1, -0.05) is 60.2 Å². The summed E-state index contributed by atoms with van der Waals surface area (Å²) in [5.41, 5.74) is 3.61. The molecular formula is C20H23NO2. The van der Waals surface area contributed by atoms with Crippen LogP contribution in [0.15, 0.2) is 54.6 Å². The third-order valence-corrected chi connectivity index (χ3v) is 4.34. The zero-order valence-corrected chi connectivity index (χ0v) is 13.6. The van der Waals surface area contributed by atoms with Gasteiger partial charge in [0.15, 0.2) is 0 Å². The first-order valence-electron chi connectivity index (χ1n) is 8.22. The minimum absolute atomic E-state index is 0.00623. The van der Waals surface area contributed by atoms with Crippen LogP contribution in [0.4, 0.5) is 0 Å². The van der Waals surface area contributed by atoms with Crippen LogP contribution in [0.3, 0.4) is 0 Å². The van der Waals surface area contributed by atoms with Crippen LogP contribution in [0.2, 0.25) is 0 Å². The van der Waals surface area contributed by atoms with Crippen molar-refractivity contribution in [2.75, 3.05) is 19.7 Å². The first kappa shape index (κ1) is 15.8. The summed E-state index contributed by atoms with van der Waals surface area (Å²) < 4.78 is 5.83. The van der Waals surface area contributed by atoms with E-state index in [4.69, 9.17) is 4.74 Å². The third-order valence-electron chi connectivity index (χ3n) is 4.34. The average Bonchev–Trinajstić information content (AvgIpc) is 2.62. The van der Waals surface area contributed by atoms with Crippen LogP contribution in [0.1, 0.15) is 29.2 Å². The van der Waals surface area contributed by atoms with E-state index in [-0.39, 0.29) is 12.0 Å². The standard InChI is InChI=1S/C20H23NO2/c1-16-7-9-17(10-8-16)11-12-20(22)21-13-14-23-19(15-21)18-5-3-2-4-6-18/h2-10,19H,11-15H2,1H3. The quantitative estimate of drug-likeness (QED) is 0.865. The second-order valence-corrected chi connectivity index (χ2v) is 6.10. The number of carbonyl (C=O) groups is 1. The Hall–Kier alpha value is -2.13. The summed E-state index contributed by atoms with van der Waals surface area (Å²) in [6, 6.07) is 18.5. The molecule has 1 aliphatic heterocycles. The lowest BCUT2D eigenvalue weighted by Gasteiger charge is -2.33. The molecule has 0 N–H and O–H groups in total. The lowest BCUT2D eigenvalue weighted by molar-refractivity contribution is -0.139. The number of hydrogen-bond donors (Lipinski definition) is 0. The smallest absolute Gasteiger partial charge is 0.223 e. The lowest BCUT2D eigenvalue weighted by atomic mass is 10.1. The summed E-state index contributed by atoms with van der Waals surface area (Å²) in [6.45, 7) is 4.02. The average molecular weight is 309 g/mol. The fourth-order valence-electron chi connectivity index (χ4n) is 2.91. The first-order chi connectivity index (χ1) is 11.2. The minimum atomic E-state index is -0.00623. The highest BCUT2D eigenvalue weighted by atomic mass is 16.5. The predicted octanol–water partition coefficient (Wildman–Crippen LogP) is 3.53. The molecule has 1 heterocycles. The van der Waals surface area contributed by atoms with Gasteiger partial charge >= 0.3 is 0 Å². The topological polar surface area (TPSA) is 29.5 Å². The van der Waals surface area contributed by atoms with Crippen LogP contribution in [0, 0.1) is 6.92 Å². The van der Waals surface area contributed by atoms with Gasteiger partial charge < -0.3 is 9.64 Å². The molecule has 0 aliphatic carbocycles. The van der Waals surface area contributed by atoms with Crippen molar-refractivity contribution in [2.45, 2.75) is 25.9 Å². The summed E-state index contributed by atoms with van der Waals surface area (Å²) in [7, 11) is 0. The molecule has 2 aromatic rings. The van der Waals surface area contributed by atoms with Gasteiger partial charge in [0, 0.05) is 13.0 Å². The molecule has 1 unspecified atom stereocenters. The van der Waals surface area contributed by atoms with Crippen molar-refractivity contribution in [1.82, 2.24) is 4.90 Å². The molecule has 1 aliphatic rings. The van der Waals surface area contributed by atoms with Crippen LogP contribution >= 0.6 is 0 Å². The van der Waals surface area contributed by atoms with Gasteiger partial charge in [0.1, 0.15) is 6.10 Å². The summed E-state index contributed by atoms with van der Waals surface area (Å²) >= 11 is 0. The molecule has 1 fully saturated rings. The van der Waals surface area contributed by atoms with E-state index in [1.165, 1.54) is 11.1 Å². The molecule has 0 bridgehead atoms. The number of morpholine rings is 1. The number of rotatable bonds is 4. The maximum absolute atomic E-state index is 12.5. The van der Waals surface area contributed by atoms with Gasteiger partial charge in [0.05, 0.1) is 13.2 Å². The maximum atomic E-state index is 12.5. The summed E-state index contributed by atoms with van der Waals surface area (Å²) in [6.07, 6.45) is 1.35. The van der Waals surface area contributed by atoms with Crippen LogP contribution in [-0.4, -0.2) is 30.5 Å². The van der Waals surface area contributed by atoms with Crippen LogP contribution in [-0.2, 0) is 16.0 Å². The van der Waals surface area contributed by atoms with Crippen LogP contribution in [0.25, 0.3) is 0 Å². The monoisotopic (exact) mass is 309 g/mol. The molecule has 120 valence electrons. The fourth-order valence-corrected chi connectivity index (χ4v) is 2.91. The summed E-state index contributed by atoms with van der Waals surface area (Å²) in [4.78, 5) is 14.4. The molecule has 0 saturated carbocycles. The SMILES string of the molecule is Cc1ccc(CCC(=O)N2CCOC(c3ccccc3)C2)cc1. The lowest BCUT2D eigenvalue weighted by Crippen LogP contribution is -2.42. The van der Waals surface area contributed by atoms with Crippen LogP contribution < -0.4 is 0 Å². The van der Waals surface area contributed by atoms with Crippen molar-refractivity contribution >= 4 is 5.91 Å². The molecule has 23 heavy (non-hydrogen) atoms. The Bertz CT molecular complexity index is 636. The second-order valence-electron chi connectivity index (χ2n) is 6.10. The van der Waals surface area contributed by atoms with Gasteiger partial charge in [0.25, 0.3) is 0 Å². The molecule has 1 atom stereocenters. The molecule has 2 aromatic carbocycles. The van der Waals surface area contributed by atoms with E-state index in [0.29, 0.717) is 26.1 Å². The van der Waals surface area contributed by atoms with E-state index >= 15 is 0 Å². The molecule has 0 radical (unpaired) electrons. The molecule has 0 aromatic heterocycles. The highest BCUT2D eigenvalue weighted by molar-refractivity contribution is 5.76. The van der Waals surface area contributed by atoms with E-state index in [9.17, 15) is 4.79 Å². The van der Waals surface area contributed by atoms with Gasteiger partial charge in [-0.2, -0.15) is 0 Å². The largest absolute Gasteiger partial charge is 0.370 e. The number of carbonyl (C=O) groups excluding carboxylic acids is 1. The zero-order valence-electron chi connectivity index (χ0n) is 13.6. The zero-order chi connectivity index (χ0) is 16.1. The Kier molecular flexibility index (Phi) is 5.09. The highest BCUT2D eigenvalue weighted by Gasteiger charge is 2.24. The van der Waals surface area contributed by atoms with E-state index in [1.807, 2.05) is 23.1 Å². The van der Waals surface area contributed by atoms with Crippen molar-refractivity contribution in [3.8, 4) is 0 Å². The normalized spacial score (nSPS) is 18.0.